The van der Waals surface area contributed by atoms with Gasteiger partial charge in [0.1, 0.15) is 0 Å². The van der Waals surface area contributed by atoms with E-state index in [1.165, 1.54) is 24.1 Å². The zero-order chi connectivity index (χ0) is 13.7. The van der Waals surface area contributed by atoms with E-state index in [1.54, 1.807) is 7.11 Å². The van der Waals surface area contributed by atoms with Crippen molar-refractivity contribution in [1.29, 1.82) is 0 Å². The highest BCUT2D eigenvalue weighted by atomic mass is 35.5. The molecule has 4 heteroatoms. The second-order valence-electron chi connectivity index (χ2n) is 5.27. The highest BCUT2D eigenvalue weighted by molar-refractivity contribution is 6.30. The first-order valence-electron chi connectivity index (χ1n) is 6.90. The lowest BCUT2D eigenvalue weighted by Gasteiger charge is -2.23. The van der Waals surface area contributed by atoms with Gasteiger partial charge in [-0.25, -0.2) is 0 Å². The van der Waals surface area contributed by atoms with Crippen molar-refractivity contribution in [2.24, 2.45) is 5.92 Å². The highest BCUT2D eigenvalue weighted by Crippen LogP contribution is 2.32. The van der Waals surface area contributed by atoms with Crippen molar-refractivity contribution < 1.29 is 4.74 Å². The molecule has 1 fully saturated rings. The van der Waals surface area contributed by atoms with Crippen LogP contribution in [0.2, 0.25) is 5.02 Å². The minimum absolute atomic E-state index is 0.730. The van der Waals surface area contributed by atoms with E-state index < -0.39 is 0 Å². The molecule has 106 valence electrons. The Morgan fingerprint density at radius 3 is 2.89 bits per heavy atom. The maximum atomic E-state index is 6.11. The van der Waals surface area contributed by atoms with Crippen molar-refractivity contribution in [2.75, 3.05) is 38.8 Å². The zero-order valence-corrected chi connectivity index (χ0v) is 12.5. The average Bonchev–Trinajstić information content (AvgIpc) is 3.18. The molecule has 1 aromatic carbocycles. The summed E-state index contributed by atoms with van der Waals surface area (Å²) in [6.45, 7) is 3.56. The number of nitrogens with zero attached hydrogens (tertiary/aromatic N) is 1. The average molecular weight is 283 g/mol. The van der Waals surface area contributed by atoms with Gasteiger partial charge in [0.2, 0.25) is 0 Å². The van der Waals surface area contributed by atoms with Gasteiger partial charge in [0, 0.05) is 44.5 Å². The molecule has 1 N–H and O–H groups in total. The van der Waals surface area contributed by atoms with Crippen molar-refractivity contribution >= 4 is 17.3 Å². The van der Waals surface area contributed by atoms with E-state index in [2.05, 4.69) is 29.4 Å². The van der Waals surface area contributed by atoms with Crippen LogP contribution in [-0.2, 0) is 11.3 Å². The first-order chi connectivity index (χ1) is 9.20. The first kappa shape index (κ1) is 14.6. The van der Waals surface area contributed by atoms with E-state index >= 15 is 0 Å². The minimum Gasteiger partial charge on any atom is -0.383 e. The number of halogens is 1. The molecule has 0 unspecified atom stereocenters. The molecule has 19 heavy (non-hydrogen) atoms. The van der Waals surface area contributed by atoms with E-state index in [0.29, 0.717) is 0 Å². The van der Waals surface area contributed by atoms with E-state index in [0.717, 1.165) is 37.2 Å². The molecule has 1 aromatic rings. The van der Waals surface area contributed by atoms with E-state index in [-0.39, 0.29) is 0 Å². The number of rotatable bonds is 8. The van der Waals surface area contributed by atoms with Crippen LogP contribution in [0.4, 0.5) is 5.69 Å². The zero-order valence-electron chi connectivity index (χ0n) is 11.8. The quantitative estimate of drug-likeness (QED) is 0.742. The van der Waals surface area contributed by atoms with Crippen LogP contribution in [0.25, 0.3) is 0 Å². The fraction of sp³-hybridized carbons (Fsp3) is 0.600. The second kappa shape index (κ2) is 7.13. The largest absolute Gasteiger partial charge is 0.383 e. The van der Waals surface area contributed by atoms with Crippen LogP contribution in [0, 0.1) is 5.92 Å². The van der Waals surface area contributed by atoms with Crippen molar-refractivity contribution in [3.63, 3.8) is 0 Å². The Balaban J connectivity index is 1.98. The molecule has 2 rings (SSSR count). The molecule has 0 aliphatic heterocycles. The summed E-state index contributed by atoms with van der Waals surface area (Å²) in [6.07, 6.45) is 2.75. The van der Waals surface area contributed by atoms with Gasteiger partial charge in [0.25, 0.3) is 0 Å². The van der Waals surface area contributed by atoms with Crippen molar-refractivity contribution in [2.45, 2.75) is 19.4 Å². The SMILES string of the molecule is COCCNCc1cc(Cl)ccc1N(C)CC1CC1. The summed E-state index contributed by atoms with van der Waals surface area (Å²) in [5.74, 6) is 0.884. The summed E-state index contributed by atoms with van der Waals surface area (Å²) in [5, 5.41) is 4.18. The van der Waals surface area contributed by atoms with Crippen LogP contribution in [0.5, 0.6) is 0 Å². The Bertz CT molecular complexity index is 407. The molecule has 3 nitrogen and oxygen atoms in total. The van der Waals surface area contributed by atoms with E-state index in [4.69, 9.17) is 16.3 Å². The van der Waals surface area contributed by atoms with E-state index in [9.17, 15) is 0 Å². The summed E-state index contributed by atoms with van der Waals surface area (Å²) in [4.78, 5) is 2.35. The Morgan fingerprint density at radius 2 is 2.21 bits per heavy atom. The molecule has 1 aliphatic rings. The van der Waals surface area contributed by atoms with Gasteiger partial charge >= 0.3 is 0 Å². The third-order valence-electron chi connectivity index (χ3n) is 3.48. The fourth-order valence-corrected chi connectivity index (χ4v) is 2.45. The number of anilines is 1. The van der Waals surface area contributed by atoms with Gasteiger partial charge < -0.3 is 15.0 Å². The predicted molar refractivity (Wildman–Crippen MR) is 81.0 cm³/mol. The first-order valence-corrected chi connectivity index (χ1v) is 7.27. The normalized spacial score (nSPS) is 14.7. The lowest BCUT2D eigenvalue weighted by atomic mass is 10.1. The number of hydrogen-bond donors (Lipinski definition) is 1. The lowest BCUT2D eigenvalue weighted by molar-refractivity contribution is 0.199. The number of benzene rings is 1. The van der Waals surface area contributed by atoms with Crippen LogP contribution < -0.4 is 10.2 Å². The highest BCUT2D eigenvalue weighted by Gasteiger charge is 2.23. The molecule has 0 aromatic heterocycles. The van der Waals surface area contributed by atoms with Gasteiger partial charge in [-0.1, -0.05) is 11.6 Å². The van der Waals surface area contributed by atoms with Gasteiger partial charge in [-0.2, -0.15) is 0 Å². The molecule has 0 heterocycles. The monoisotopic (exact) mass is 282 g/mol. The molecule has 0 saturated heterocycles. The Morgan fingerprint density at radius 1 is 1.42 bits per heavy atom. The smallest absolute Gasteiger partial charge is 0.0587 e. The molecule has 0 spiro atoms. The topological polar surface area (TPSA) is 24.5 Å². The molecule has 0 bridgehead atoms. The molecule has 0 atom stereocenters. The minimum atomic E-state index is 0.730. The third-order valence-corrected chi connectivity index (χ3v) is 3.72. The fourth-order valence-electron chi connectivity index (χ4n) is 2.25. The van der Waals surface area contributed by atoms with Crippen LogP contribution in [0.3, 0.4) is 0 Å². The Kier molecular flexibility index (Phi) is 5.49. The summed E-state index contributed by atoms with van der Waals surface area (Å²) < 4.78 is 5.04. The van der Waals surface area contributed by atoms with Crippen molar-refractivity contribution in [1.82, 2.24) is 5.32 Å². The van der Waals surface area contributed by atoms with Crippen molar-refractivity contribution in [3.05, 3.63) is 28.8 Å². The maximum absolute atomic E-state index is 6.11. The second-order valence-corrected chi connectivity index (χ2v) is 5.70. The summed E-state index contributed by atoms with van der Waals surface area (Å²) in [6, 6.07) is 6.15. The van der Waals surface area contributed by atoms with Gasteiger partial charge in [0.05, 0.1) is 6.61 Å². The maximum Gasteiger partial charge on any atom is 0.0587 e. The molecule has 1 aliphatic carbocycles. The standard InChI is InChI=1S/C15H23ClN2O/c1-18(11-12-3-4-12)15-6-5-14(16)9-13(15)10-17-7-8-19-2/h5-6,9,12,17H,3-4,7-8,10-11H2,1-2H3. The molecule has 1 saturated carbocycles. The molecule has 0 amide bonds. The Hall–Kier alpha value is -0.770. The van der Waals surface area contributed by atoms with Crippen LogP contribution >= 0.6 is 11.6 Å². The van der Waals surface area contributed by atoms with Gasteiger partial charge in [-0.15, -0.1) is 0 Å². The van der Waals surface area contributed by atoms with Gasteiger partial charge in [-0.05, 0) is 42.5 Å². The molecular formula is C15H23ClN2O. The van der Waals surface area contributed by atoms with Crippen LogP contribution in [0.1, 0.15) is 18.4 Å². The third kappa shape index (κ3) is 4.68. The summed E-state index contributed by atoms with van der Waals surface area (Å²) in [5.41, 5.74) is 2.54. The van der Waals surface area contributed by atoms with Gasteiger partial charge in [0.15, 0.2) is 0 Å². The number of hydrogen-bond acceptors (Lipinski definition) is 3. The summed E-state index contributed by atoms with van der Waals surface area (Å²) in [7, 11) is 3.89. The molecular weight excluding hydrogens is 260 g/mol. The molecule has 0 radical (unpaired) electrons. The predicted octanol–water partition coefficient (Wildman–Crippen LogP) is 2.92. The lowest BCUT2D eigenvalue weighted by Crippen LogP contribution is -2.24. The Labute approximate surface area is 120 Å². The number of nitrogens with one attached hydrogen (secondary N) is 1. The summed E-state index contributed by atoms with van der Waals surface area (Å²) >= 11 is 6.11. The van der Waals surface area contributed by atoms with Gasteiger partial charge in [-0.3, -0.25) is 0 Å². The van der Waals surface area contributed by atoms with Crippen LogP contribution in [-0.4, -0.2) is 33.9 Å². The van der Waals surface area contributed by atoms with Crippen molar-refractivity contribution in [3.8, 4) is 0 Å². The number of methoxy groups -OCH3 is 1. The number of ether oxygens (including phenoxy) is 1. The van der Waals surface area contributed by atoms with E-state index in [1.807, 2.05) is 6.07 Å². The van der Waals surface area contributed by atoms with Crippen LogP contribution in [0.15, 0.2) is 18.2 Å².